The van der Waals surface area contributed by atoms with E-state index in [1.807, 2.05) is 12.1 Å². The van der Waals surface area contributed by atoms with Gasteiger partial charge in [0, 0.05) is 39.1 Å². The monoisotopic (exact) mass is 422 g/mol. The quantitative estimate of drug-likeness (QED) is 0.597. The predicted octanol–water partition coefficient (Wildman–Crippen LogP) is 1.23. The Labute approximate surface area is 179 Å². The maximum Gasteiger partial charge on any atom is 0.328 e. The first-order chi connectivity index (χ1) is 15.1. The van der Waals surface area contributed by atoms with Crippen molar-refractivity contribution in [3.63, 3.8) is 0 Å². The highest BCUT2D eigenvalue weighted by Crippen LogP contribution is 2.10. The summed E-state index contributed by atoms with van der Waals surface area (Å²) in [6.45, 7) is 4.99. The van der Waals surface area contributed by atoms with Gasteiger partial charge in [0.1, 0.15) is 0 Å². The van der Waals surface area contributed by atoms with Crippen LogP contribution < -0.4 is 16.6 Å². The van der Waals surface area contributed by atoms with E-state index in [4.69, 9.17) is 4.74 Å². The van der Waals surface area contributed by atoms with Gasteiger partial charge in [0.25, 0.3) is 5.56 Å². The molecular formula is C23H26N4O4. The van der Waals surface area contributed by atoms with Gasteiger partial charge in [-0.2, -0.15) is 0 Å². The number of benzene rings is 2. The second kappa shape index (κ2) is 9.72. The van der Waals surface area contributed by atoms with Crippen LogP contribution in [-0.4, -0.2) is 46.7 Å². The number of nitrogens with one attached hydrogen (secondary N) is 2. The number of para-hydroxylation sites is 1. The smallest absolute Gasteiger partial charge is 0.328 e. The molecule has 1 amide bonds. The molecule has 2 heterocycles. The molecule has 31 heavy (non-hydrogen) atoms. The highest BCUT2D eigenvalue weighted by Gasteiger charge is 2.11. The maximum atomic E-state index is 12.3. The summed E-state index contributed by atoms with van der Waals surface area (Å²) in [5.74, 6) is -0.153. The Bertz CT molecular complexity index is 1160. The van der Waals surface area contributed by atoms with Crippen LogP contribution in [0.15, 0.2) is 58.1 Å². The summed E-state index contributed by atoms with van der Waals surface area (Å²) in [4.78, 5) is 41.1. The normalized spacial score (nSPS) is 14.6. The zero-order valence-corrected chi connectivity index (χ0v) is 17.3. The van der Waals surface area contributed by atoms with Gasteiger partial charge in [-0.15, -0.1) is 0 Å². The molecule has 0 radical (unpaired) electrons. The first-order valence-electron chi connectivity index (χ1n) is 10.5. The molecule has 0 bridgehead atoms. The van der Waals surface area contributed by atoms with Crippen LogP contribution >= 0.6 is 0 Å². The molecule has 8 nitrogen and oxygen atoms in total. The van der Waals surface area contributed by atoms with Crippen LogP contribution in [-0.2, 0) is 29.2 Å². The molecule has 1 aliphatic heterocycles. The van der Waals surface area contributed by atoms with Crippen LogP contribution in [0, 0.1) is 0 Å². The number of carbonyl (C=O) groups excluding carboxylic acids is 1. The third-order valence-electron chi connectivity index (χ3n) is 5.49. The zero-order chi connectivity index (χ0) is 21.6. The SMILES string of the molecule is O=C(CCn1c(=O)[nH]c(=O)c2ccccc21)NCc1ccc(CN2CCOCC2)cc1. The van der Waals surface area contributed by atoms with Crippen LogP contribution in [0.3, 0.4) is 0 Å². The average Bonchev–Trinajstić information content (AvgIpc) is 2.79. The molecule has 2 N–H and O–H groups in total. The third-order valence-corrected chi connectivity index (χ3v) is 5.49. The number of hydrogen-bond donors (Lipinski definition) is 2. The van der Waals surface area contributed by atoms with Gasteiger partial charge in [-0.3, -0.25) is 24.0 Å². The topological polar surface area (TPSA) is 96.4 Å². The number of hydrogen-bond acceptors (Lipinski definition) is 5. The summed E-state index contributed by atoms with van der Waals surface area (Å²) in [5, 5.41) is 3.33. The number of rotatable bonds is 7. The summed E-state index contributed by atoms with van der Waals surface area (Å²) in [6, 6.07) is 15.1. The van der Waals surface area contributed by atoms with E-state index in [1.54, 1.807) is 24.3 Å². The number of H-pyrrole nitrogens is 1. The Morgan fingerprint density at radius 3 is 2.48 bits per heavy atom. The van der Waals surface area contributed by atoms with Crippen molar-refractivity contribution in [3.05, 3.63) is 80.5 Å². The Morgan fingerprint density at radius 1 is 1.00 bits per heavy atom. The van der Waals surface area contributed by atoms with Gasteiger partial charge in [-0.05, 0) is 23.3 Å². The summed E-state index contributed by atoms with van der Waals surface area (Å²) in [7, 11) is 0. The molecule has 4 rings (SSSR count). The van der Waals surface area contributed by atoms with Gasteiger partial charge < -0.3 is 10.1 Å². The first kappa shape index (κ1) is 21.0. The van der Waals surface area contributed by atoms with Crippen molar-refractivity contribution in [2.75, 3.05) is 26.3 Å². The molecule has 0 saturated carbocycles. The minimum Gasteiger partial charge on any atom is -0.379 e. The Morgan fingerprint density at radius 2 is 1.71 bits per heavy atom. The van der Waals surface area contributed by atoms with E-state index in [9.17, 15) is 14.4 Å². The van der Waals surface area contributed by atoms with Crippen molar-refractivity contribution in [2.45, 2.75) is 26.1 Å². The zero-order valence-electron chi connectivity index (χ0n) is 17.3. The van der Waals surface area contributed by atoms with Crippen molar-refractivity contribution in [2.24, 2.45) is 0 Å². The Balaban J connectivity index is 1.30. The van der Waals surface area contributed by atoms with Crippen molar-refractivity contribution >= 4 is 16.8 Å². The molecule has 0 spiro atoms. The van der Waals surface area contributed by atoms with Crippen LogP contribution in [0.5, 0.6) is 0 Å². The lowest BCUT2D eigenvalue weighted by atomic mass is 10.1. The number of aromatic nitrogens is 2. The number of amides is 1. The predicted molar refractivity (Wildman–Crippen MR) is 118 cm³/mol. The van der Waals surface area contributed by atoms with E-state index >= 15 is 0 Å². The van der Waals surface area contributed by atoms with E-state index in [0.717, 1.165) is 38.4 Å². The second-order valence-corrected chi connectivity index (χ2v) is 7.66. The molecule has 0 atom stereocenters. The molecule has 1 aliphatic rings. The number of carbonyl (C=O) groups is 1. The van der Waals surface area contributed by atoms with Crippen LogP contribution in [0.1, 0.15) is 17.5 Å². The molecule has 3 aromatic rings. The Hall–Kier alpha value is -3.23. The number of fused-ring (bicyclic) bond motifs is 1. The largest absolute Gasteiger partial charge is 0.379 e. The highest BCUT2D eigenvalue weighted by atomic mass is 16.5. The summed E-state index contributed by atoms with van der Waals surface area (Å²) >= 11 is 0. The highest BCUT2D eigenvalue weighted by molar-refractivity contribution is 5.78. The fourth-order valence-electron chi connectivity index (χ4n) is 3.75. The molecule has 0 unspecified atom stereocenters. The molecule has 1 saturated heterocycles. The standard InChI is InChI=1S/C23H26N4O4/c28-21(9-10-27-20-4-2-1-3-19(20)22(29)25-23(27)30)24-15-17-5-7-18(8-6-17)16-26-11-13-31-14-12-26/h1-8H,9-16H2,(H,24,28)(H,25,29,30). The number of aryl methyl sites for hydroxylation is 1. The number of morpholine rings is 1. The van der Waals surface area contributed by atoms with Crippen LogP contribution in [0.4, 0.5) is 0 Å². The first-order valence-corrected chi connectivity index (χ1v) is 10.5. The van der Waals surface area contributed by atoms with Crippen molar-refractivity contribution < 1.29 is 9.53 Å². The van der Waals surface area contributed by atoms with Gasteiger partial charge in [0.05, 0.1) is 24.1 Å². The van der Waals surface area contributed by atoms with E-state index in [0.29, 0.717) is 17.4 Å². The molecule has 8 heteroatoms. The van der Waals surface area contributed by atoms with Crippen LogP contribution in [0.2, 0.25) is 0 Å². The summed E-state index contributed by atoms with van der Waals surface area (Å²) in [5.41, 5.74) is 1.86. The fourth-order valence-corrected chi connectivity index (χ4v) is 3.75. The van der Waals surface area contributed by atoms with Crippen molar-refractivity contribution in [1.82, 2.24) is 19.8 Å². The average molecular weight is 422 g/mol. The second-order valence-electron chi connectivity index (χ2n) is 7.66. The van der Waals surface area contributed by atoms with E-state index in [-0.39, 0.29) is 18.9 Å². The lowest BCUT2D eigenvalue weighted by Gasteiger charge is -2.26. The number of nitrogens with zero attached hydrogens (tertiary/aromatic N) is 2. The minimum atomic E-state index is -0.507. The number of aromatic amines is 1. The fraction of sp³-hybridized carbons (Fsp3) is 0.348. The lowest BCUT2D eigenvalue weighted by Crippen LogP contribution is -2.35. The van der Waals surface area contributed by atoms with E-state index < -0.39 is 11.2 Å². The van der Waals surface area contributed by atoms with E-state index in [2.05, 4.69) is 27.3 Å². The molecule has 162 valence electrons. The van der Waals surface area contributed by atoms with Gasteiger partial charge in [-0.25, -0.2) is 4.79 Å². The molecule has 1 aromatic heterocycles. The van der Waals surface area contributed by atoms with Gasteiger partial charge in [0.2, 0.25) is 5.91 Å². The minimum absolute atomic E-state index is 0.144. The summed E-state index contributed by atoms with van der Waals surface area (Å²) in [6.07, 6.45) is 0.144. The molecule has 1 fully saturated rings. The number of ether oxygens (including phenoxy) is 1. The van der Waals surface area contributed by atoms with Gasteiger partial charge in [0.15, 0.2) is 0 Å². The van der Waals surface area contributed by atoms with E-state index in [1.165, 1.54) is 10.1 Å². The van der Waals surface area contributed by atoms with Crippen LogP contribution in [0.25, 0.3) is 10.9 Å². The Kier molecular flexibility index (Phi) is 6.59. The van der Waals surface area contributed by atoms with Gasteiger partial charge >= 0.3 is 5.69 Å². The van der Waals surface area contributed by atoms with Crippen molar-refractivity contribution in [1.29, 1.82) is 0 Å². The van der Waals surface area contributed by atoms with Gasteiger partial charge in [-0.1, -0.05) is 36.4 Å². The molecular weight excluding hydrogens is 396 g/mol. The summed E-state index contributed by atoms with van der Waals surface area (Å²) < 4.78 is 6.80. The van der Waals surface area contributed by atoms with Crippen molar-refractivity contribution in [3.8, 4) is 0 Å². The third kappa shape index (κ3) is 5.28. The molecule has 2 aromatic carbocycles. The maximum absolute atomic E-state index is 12.3. The lowest BCUT2D eigenvalue weighted by molar-refractivity contribution is -0.121. The molecule has 0 aliphatic carbocycles.